The van der Waals surface area contributed by atoms with E-state index in [1.54, 1.807) is 0 Å². The number of rotatable bonds is 3. The van der Waals surface area contributed by atoms with Crippen LogP contribution in [0.5, 0.6) is 0 Å². The van der Waals surface area contributed by atoms with Gasteiger partial charge in [-0.25, -0.2) is 0 Å². The highest BCUT2D eigenvalue weighted by Crippen LogP contribution is 1.89. The zero-order valence-corrected chi connectivity index (χ0v) is 5.85. The zero-order valence-electron chi connectivity index (χ0n) is 5.03. The highest BCUT2D eigenvalue weighted by Gasteiger charge is 2.18. The molecule has 0 aliphatic carbocycles. The minimum absolute atomic E-state index is 0.0710. The molecule has 0 radical (unpaired) electrons. The Morgan fingerprint density at radius 1 is 1.89 bits per heavy atom. The molecule has 0 heterocycles. The van der Waals surface area contributed by atoms with E-state index in [1.165, 1.54) is 6.26 Å². The van der Waals surface area contributed by atoms with E-state index >= 15 is 0 Å². The summed E-state index contributed by atoms with van der Waals surface area (Å²) in [7, 11) is -1.36. The SMILES string of the molecule is CS(=O)C(CN)C(=O)O. The first kappa shape index (κ1) is 8.58. The van der Waals surface area contributed by atoms with Crippen LogP contribution in [-0.2, 0) is 15.6 Å². The molecular formula is C4H9NO3S. The Bertz CT molecular complexity index is 122. The van der Waals surface area contributed by atoms with E-state index in [0.29, 0.717) is 0 Å². The third kappa shape index (κ3) is 2.57. The second-order valence-electron chi connectivity index (χ2n) is 1.56. The predicted molar refractivity (Wildman–Crippen MR) is 34.5 cm³/mol. The fourth-order valence-electron chi connectivity index (χ4n) is 0.378. The minimum atomic E-state index is -1.36. The van der Waals surface area contributed by atoms with Crippen molar-refractivity contribution in [2.24, 2.45) is 5.73 Å². The lowest BCUT2D eigenvalue weighted by atomic mass is 10.4. The summed E-state index contributed by atoms with van der Waals surface area (Å²) < 4.78 is 10.5. The van der Waals surface area contributed by atoms with Gasteiger partial charge in [0, 0.05) is 23.6 Å². The topological polar surface area (TPSA) is 80.4 Å². The van der Waals surface area contributed by atoms with Gasteiger partial charge in [-0.05, 0) is 0 Å². The Morgan fingerprint density at radius 2 is 2.33 bits per heavy atom. The van der Waals surface area contributed by atoms with Crippen LogP contribution < -0.4 is 5.73 Å². The van der Waals surface area contributed by atoms with Crippen molar-refractivity contribution >= 4 is 16.8 Å². The Balaban J connectivity index is 3.99. The van der Waals surface area contributed by atoms with Crippen molar-refractivity contribution in [3.8, 4) is 0 Å². The molecule has 0 amide bonds. The smallest absolute Gasteiger partial charge is 0.320 e. The number of hydrogen-bond donors (Lipinski definition) is 2. The van der Waals surface area contributed by atoms with Crippen molar-refractivity contribution in [3.63, 3.8) is 0 Å². The van der Waals surface area contributed by atoms with E-state index in [1.807, 2.05) is 0 Å². The third-order valence-corrected chi connectivity index (χ3v) is 2.09. The third-order valence-electron chi connectivity index (χ3n) is 0.890. The van der Waals surface area contributed by atoms with Gasteiger partial charge in [0.2, 0.25) is 0 Å². The van der Waals surface area contributed by atoms with Gasteiger partial charge in [-0.15, -0.1) is 0 Å². The standard InChI is InChI=1S/C4H9NO3S/c1-9(8)3(2-5)4(6)7/h3H,2,5H2,1H3,(H,6,7). The molecule has 0 aromatic heterocycles. The van der Waals surface area contributed by atoms with Gasteiger partial charge in [0.25, 0.3) is 0 Å². The maximum Gasteiger partial charge on any atom is 0.320 e. The fourth-order valence-corrected chi connectivity index (χ4v) is 0.933. The molecule has 54 valence electrons. The summed E-state index contributed by atoms with van der Waals surface area (Å²) in [6.45, 7) is -0.0710. The maximum absolute atomic E-state index is 10.5. The van der Waals surface area contributed by atoms with Gasteiger partial charge in [-0.1, -0.05) is 0 Å². The van der Waals surface area contributed by atoms with Crippen molar-refractivity contribution in [1.29, 1.82) is 0 Å². The van der Waals surface area contributed by atoms with Crippen molar-refractivity contribution in [1.82, 2.24) is 0 Å². The monoisotopic (exact) mass is 151 g/mol. The molecule has 9 heavy (non-hydrogen) atoms. The van der Waals surface area contributed by atoms with E-state index in [9.17, 15) is 9.00 Å². The molecule has 0 aromatic rings. The second kappa shape index (κ2) is 3.58. The molecule has 0 fully saturated rings. The van der Waals surface area contributed by atoms with Crippen LogP contribution >= 0.6 is 0 Å². The molecule has 2 unspecified atom stereocenters. The van der Waals surface area contributed by atoms with E-state index in [-0.39, 0.29) is 6.54 Å². The van der Waals surface area contributed by atoms with Crippen LogP contribution in [0, 0.1) is 0 Å². The zero-order chi connectivity index (χ0) is 7.44. The van der Waals surface area contributed by atoms with Crippen LogP contribution in [-0.4, -0.2) is 33.3 Å². The lowest BCUT2D eigenvalue weighted by Crippen LogP contribution is -2.32. The van der Waals surface area contributed by atoms with Gasteiger partial charge in [0.1, 0.15) is 5.25 Å². The van der Waals surface area contributed by atoms with E-state index < -0.39 is 22.0 Å². The molecule has 0 saturated heterocycles. The molecule has 0 spiro atoms. The summed E-state index contributed by atoms with van der Waals surface area (Å²) in [6.07, 6.45) is 1.33. The molecule has 0 rings (SSSR count). The number of hydrogen-bond acceptors (Lipinski definition) is 3. The van der Waals surface area contributed by atoms with Crippen LogP contribution in [0.2, 0.25) is 0 Å². The summed E-state index contributed by atoms with van der Waals surface area (Å²) in [4.78, 5) is 10.1. The first-order valence-electron chi connectivity index (χ1n) is 2.34. The Labute approximate surface area is 55.5 Å². The van der Waals surface area contributed by atoms with Gasteiger partial charge >= 0.3 is 5.97 Å². The largest absolute Gasteiger partial charge is 0.480 e. The van der Waals surface area contributed by atoms with Crippen LogP contribution in [0.4, 0.5) is 0 Å². The molecule has 0 aliphatic rings. The summed E-state index contributed by atoms with van der Waals surface area (Å²) in [5, 5.41) is 7.36. The van der Waals surface area contributed by atoms with Gasteiger partial charge in [0.15, 0.2) is 0 Å². The number of carbonyl (C=O) groups is 1. The molecule has 3 N–H and O–H groups in total. The summed E-state index contributed by atoms with van der Waals surface area (Å²) in [6, 6.07) is 0. The quantitative estimate of drug-likeness (QED) is 0.529. The van der Waals surface area contributed by atoms with E-state index in [0.717, 1.165) is 0 Å². The van der Waals surface area contributed by atoms with E-state index in [4.69, 9.17) is 10.8 Å². The molecule has 0 saturated carbocycles. The molecular weight excluding hydrogens is 142 g/mol. The molecule has 0 bridgehead atoms. The highest BCUT2D eigenvalue weighted by molar-refractivity contribution is 7.85. The summed E-state index contributed by atoms with van der Waals surface area (Å²) in [5.41, 5.74) is 5.00. The van der Waals surface area contributed by atoms with Crippen molar-refractivity contribution in [2.75, 3.05) is 12.8 Å². The van der Waals surface area contributed by atoms with Gasteiger partial charge in [0.05, 0.1) is 0 Å². The molecule has 0 aliphatic heterocycles. The van der Waals surface area contributed by atoms with Crippen LogP contribution in [0.1, 0.15) is 0 Å². The molecule has 2 atom stereocenters. The van der Waals surface area contributed by atoms with Crippen molar-refractivity contribution in [2.45, 2.75) is 5.25 Å². The first-order chi connectivity index (χ1) is 4.09. The first-order valence-corrected chi connectivity index (χ1v) is 3.96. The van der Waals surface area contributed by atoms with Gasteiger partial charge < -0.3 is 10.8 Å². The van der Waals surface area contributed by atoms with Crippen LogP contribution in [0.15, 0.2) is 0 Å². The summed E-state index contributed by atoms with van der Waals surface area (Å²) in [5.74, 6) is -1.10. The average molecular weight is 151 g/mol. The lowest BCUT2D eigenvalue weighted by Gasteiger charge is -2.02. The molecule has 0 aromatic carbocycles. The normalized spacial score (nSPS) is 16.7. The van der Waals surface area contributed by atoms with E-state index in [2.05, 4.69) is 0 Å². The predicted octanol–water partition coefficient (Wildman–Crippen LogP) is -1.22. The van der Waals surface area contributed by atoms with Crippen molar-refractivity contribution < 1.29 is 14.1 Å². The Kier molecular flexibility index (Phi) is 3.41. The van der Waals surface area contributed by atoms with Crippen LogP contribution in [0.25, 0.3) is 0 Å². The molecule has 4 nitrogen and oxygen atoms in total. The Hall–Kier alpha value is -0.420. The fraction of sp³-hybridized carbons (Fsp3) is 0.750. The Morgan fingerprint density at radius 3 is 2.33 bits per heavy atom. The van der Waals surface area contributed by atoms with Gasteiger partial charge in [-0.3, -0.25) is 9.00 Å². The number of nitrogens with two attached hydrogens (primary N) is 1. The van der Waals surface area contributed by atoms with Crippen molar-refractivity contribution in [3.05, 3.63) is 0 Å². The highest BCUT2D eigenvalue weighted by atomic mass is 32.2. The average Bonchev–Trinajstić information content (AvgIpc) is 1.64. The van der Waals surface area contributed by atoms with Gasteiger partial charge in [-0.2, -0.15) is 0 Å². The van der Waals surface area contributed by atoms with Crippen LogP contribution in [0.3, 0.4) is 0 Å². The molecule has 5 heteroatoms. The minimum Gasteiger partial charge on any atom is -0.480 e. The number of aliphatic carboxylic acids is 1. The summed E-state index contributed by atoms with van der Waals surface area (Å²) >= 11 is 0. The number of carboxylic acids is 1. The second-order valence-corrected chi connectivity index (χ2v) is 3.13. The number of carboxylic acid groups (broad SMARTS) is 1. The lowest BCUT2D eigenvalue weighted by molar-refractivity contribution is -0.136. The maximum atomic E-state index is 10.5.